The monoisotopic (exact) mass is 791 g/mol. The van der Waals surface area contributed by atoms with Crippen molar-refractivity contribution in [2.75, 3.05) is 6.73 Å². The molecule has 0 bridgehead atoms. The summed E-state index contributed by atoms with van der Waals surface area (Å²) in [5.74, 6) is -6.60. The molecule has 0 aromatic heterocycles. The standard InChI is InChI=1S/C24H13Br4NO10/c25-12-4-14(21(32)33)18(16(27)6-12)38-23(36)10-1-9(20(31)29-8-30)2-11(3-10)24(37)39-19-15(22(34)35)5-13(26)7-17(19)28/h1-7,30H,8H2,(H,29,31)(H,32,33)(H,34,35). The van der Waals surface area contributed by atoms with Gasteiger partial charge in [0.25, 0.3) is 5.91 Å². The van der Waals surface area contributed by atoms with Crippen LogP contribution in [0.1, 0.15) is 51.8 Å². The lowest BCUT2D eigenvalue weighted by molar-refractivity contribution is 0.0663. The third-order valence-corrected chi connectivity index (χ3v) is 6.87. The average Bonchev–Trinajstić information content (AvgIpc) is 2.86. The molecule has 0 unspecified atom stereocenters. The highest BCUT2D eigenvalue weighted by Crippen LogP contribution is 2.35. The van der Waals surface area contributed by atoms with Gasteiger partial charge in [-0.15, -0.1) is 0 Å². The van der Waals surface area contributed by atoms with Crippen LogP contribution in [0.4, 0.5) is 0 Å². The largest absolute Gasteiger partial charge is 0.478 e. The van der Waals surface area contributed by atoms with Gasteiger partial charge in [0.2, 0.25) is 0 Å². The number of aliphatic hydroxyl groups excluding tert-OH is 1. The van der Waals surface area contributed by atoms with Crippen LogP contribution in [0, 0.1) is 0 Å². The minimum atomic E-state index is -1.39. The minimum Gasteiger partial charge on any atom is -0.478 e. The molecule has 0 atom stereocenters. The smallest absolute Gasteiger partial charge is 0.343 e. The number of carboxylic acids is 2. The van der Waals surface area contributed by atoms with Crippen LogP contribution in [0.25, 0.3) is 0 Å². The summed E-state index contributed by atoms with van der Waals surface area (Å²) in [5, 5.41) is 30.2. The lowest BCUT2D eigenvalue weighted by Gasteiger charge is -2.13. The maximum atomic E-state index is 13.1. The third kappa shape index (κ3) is 7.30. The maximum Gasteiger partial charge on any atom is 0.343 e. The minimum absolute atomic E-state index is 0.123. The van der Waals surface area contributed by atoms with E-state index < -0.39 is 36.5 Å². The molecule has 0 spiro atoms. The fourth-order valence-electron chi connectivity index (χ4n) is 3.12. The quantitative estimate of drug-likeness (QED) is 0.134. The van der Waals surface area contributed by atoms with Crippen molar-refractivity contribution in [3.63, 3.8) is 0 Å². The molecule has 11 nitrogen and oxygen atoms in total. The van der Waals surface area contributed by atoms with E-state index in [1.807, 2.05) is 0 Å². The molecule has 1 amide bonds. The number of ether oxygens (including phenoxy) is 2. The highest BCUT2D eigenvalue weighted by atomic mass is 79.9. The second-order valence-electron chi connectivity index (χ2n) is 7.38. The van der Waals surface area contributed by atoms with E-state index in [4.69, 9.17) is 14.6 Å². The van der Waals surface area contributed by atoms with Gasteiger partial charge in [-0.25, -0.2) is 19.2 Å². The molecule has 0 saturated heterocycles. The van der Waals surface area contributed by atoms with E-state index in [0.717, 1.165) is 18.2 Å². The van der Waals surface area contributed by atoms with Gasteiger partial charge in [-0.1, -0.05) is 31.9 Å². The molecule has 15 heteroatoms. The molecular formula is C24H13Br4NO10. The first-order valence-corrected chi connectivity index (χ1v) is 13.4. The average molecular weight is 795 g/mol. The Morgan fingerprint density at radius 2 is 1.03 bits per heavy atom. The summed E-state index contributed by atoms with van der Waals surface area (Å²) < 4.78 is 11.6. The summed E-state index contributed by atoms with van der Waals surface area (Å²) in [6.07, 6.45) is 0. The SMILES string of the molecule is O=C(NCO)c1cc(C(=O)Oc2c(Br)cc(Br)cc2C(=O)O)cc(C(=O)Oc2c(Br)cc(Br)cc2C(=O)O)c1. The van der Waals surface area contributed by atoms with Gasteiger partial charge < -0.3 is 30.1 Å². The van der Waals surface area contributed by atoms with Crippen LogP contribution in [0.15, 0.2) is 60.4 Å². The highest BCUT2D eigenvalue weighted by Gasteiger charge is 2.25. The van der Waals surface area contributed by atoms with Crippen molar-refractivity contribution in [2.45, 2.75) is 0 Å². The number of esters is 2. The Morgan fingerprint density at radius 1 is 0.641 bits per heavy atom. The summed E-state index contributed by atoms with van der Waals surface area (Å²) in [7, 11) is 0. The Balaban J connectivity index is 2.07. The number of aromatic carboxylic acids is 2. The van der Waals surface area contributed by atoms with E-state index in [1.165, 1.54) is 24.3 Å². The predicted molar refractivity (Wildman–Crippen MR) is 149 cm³/mol. The fraction of sp³-hybridized carbons (Fsp3) is 0.0417. The topological polar surface area (TPSA) is 177 Å². The van der Waals surface area contributed by atoms with E-state index in [9.17, 15) is 34.2 Å². The number of carbonyl (C=O) groups excluding carboxylic acids is 3. The van der Waals surface area contributed by atoms with Crippen molar-refractivity contribution < 1.29 is 48.8 Å². The van der Waals surface area contributed by atoms with Gasteiger partial charge >= 0.3 is 23.9 Å². The van der Waals surface area contributed by atoms with Gasteiger partial charge in [0.1, 0.15) is 17.9 Å². The molecule has 4 N–H and O–H groups in total. The zero-order valence-corrected chi connectivity index (χ0v) is 25.3. The molecule has 0 heterocycles. The lowest BCUT2D eigenvalue weighted by Crippen LogP contribution is -2.25. The van der Waals surface area contributed by atoms with Crippen LogP contribution in [0.2, 0.25) is 0 Å². The van der Waals surface area contributed by atoms with Crippen LogP contribution < -0.4 is 14.8 Å². The molecule has 0 aliphatic rings. The number of hydrogen-bond acceptors (Lipinski definition) is 8. The lowest BCUT2D eigenvalue weighted by atomic mass is 10.0. The molecule has 0 aliphatic carbocycles. The van der Waals surface area contributed by atoms with Gasteiger partial charge in [0.05, 0.1) is 20.1 Å². The molecule has 3 rings (SSSR count). The summed E-state index contributed by atoms with van der Waals surface area (Å²) in [4.78, 5) is 61.9. The maximum absolute atomic E-state index is 13.1. The molecule has 202 valence electrons. The fourth-order valence-corrected chi connectivity index (χ4v) is 5.73. The number of carboxylic acid groups (broad SMARTS) is 2. The Morgan fingerprint density at radius 3 is 1.38 bits per heavy atom. The first kappa shape index (κ1) is 30.4. The van der Waals surface area contributed by atoms with Crippen LogP contribution >= 0.6 is 63.7 Å². The van der Waals surface area contributed by atoms with Crippen molar-refractivity contribution in [1.82, 2.24) is 5.32 Å². The second kappa shape index (κ2) is 12.8. The van der Waals surface area contributed by atoms with Crippen LogP contribution in [-0.2, 0) is 0 Å². The van der Waals surface area contributed by atoms with Gasteiger partial charge in [-0.2, -0.15) is 0 Å². The van der Waals surface area contributed by atoms with E-state index in [2.05, 4.69) is 69.0 Å². The van der Waals surface area contributed by atoms with Crippen molar-refractivity contribution >= 4 is 93.5 Å². The van der Waals surface area contributed by atoms with E-state index in [0.29, 0.717) is 8.95 Å². The summed E-state index contributed by atoms with van der Waals surface area (Å²) in [5.41, 5.74) is -1.69. The van der Waals surface area contributed by atoms with Crippen LogP contribution in [-0.4, -0.2) is 51.8 Å². The van der Waals surface area contributed by atoms with Crippen molar-refractivity contribution in [3.8, 4) is 11.5 Å². The van der Waals surface area contributed by atoms with Crippen LogP contribution in [0.5, 0.6) is 11.5 Å². The Hall–Kier alpha value is -3.11. The second-order valence-corrected chi connectivity index (χ2v) is 10.9. The molecule has 0 aliphatic heterocycles. The highest BCUT2D eigenvalue weighted by molar-refractivity contribution is 9.11. The third-order valence-electron chi connectivity index (χ3n) is 4.77. The summed E-state index contributed by atoms with van der Waals surface area (Å²) in [6, 6.07) is 8.42. The van der Waals surface area contributed by atoms with E-state index in [1.54, 1.807) is 0 Å². The molecular weight excluding hydrogens is 782 g/mol. The molecule has 0 fully saturated rings. The Bertz CT molecular complexity index is 1440. The van der Waals surface area contributed by atoms with Crippen LogP contribution in [0.3, 0.4) is 0 Å². The van der Waals surface area contributed by atoms with Gasteiger partial charge in [-0.05, 0) is 74.3 Å². The predicted octanol–water partition coefficient (Wildman–Crippen LogP) is 5.25. The number of aliphatic hydroxyl groups is 1. The molecule has 3 aromatic rings. The van der Waals surface area contributed by atoms with E-state index in [-0.39, 0.29) is 48.3 Å². The van der Waals surface area contributed by atoms with Gasteiger partial charge in [0, 0.05) is 14.5 Å². The molecule has 0 radical (unpaired) electrons. The van der Waals surface area contributed by atoms with Gasteiger partial charge in [0.15, 0.2) is 11.5 Å². The number of carbonyl (C=O) groups is 5. The number of benzene rings is 3. The summed E-state index contributed by atoms with van der Waals surface area (Å²) >= 11 is 12.6. The normalized spacial score (nSPS) is 10.5. The van der Waals surface area contributed by atoms with Gasteiger partial charge in [-0.3, -0.25) is 4.79 Å². The number of rotatable bonds is 8. The number of hydrogen-bond donors (Lipinski definition) is 4. The molecule has 0 saturated carbocycles. The van der Waals surface area contributed by atoms with Crippen molar-refractivity contribution in [3.05, 3.63) is 88.2 Å². The van der Waals surface area contributed by atoms with Crippen molar-refractivity contribution in [1.29, 1.82) is 0 Å². The zero-order valence-electron chi connectivity index (χ0n) is 19.0. The zero-order chi connectivity index (χ0) is 29.0. The first-order chi connectivity index (χ1) is 18.3. The molecule has 3 aromatic carbocycles. The number of halogens is 4. The van der Waals surface area contributed by atoms with E-state index >= 15 is 0 Å². The Kier molecular flexibility index (Phi) is 10.0. The number of nitrogens with one attached hydrogen (secondary N) is 1. The number of amides is 1. The Labute approximate surface area is 252 Å². The molecule has 39 heavy (non-hydrogen) atoms. The summed E-state index contributed by atoms with van der Waals surface area (Å²) in [6.45, 7) is -0.755. The van der Waals surface area contributed by atoms with Crippen molar-refractivity contribution in [2.24, 2.45) is 0 Å². The first-order valence-electron chi connectivity index (χ1n) is 10.3.